The Morgan fingerprint density at radius 3 is 2.62 bits per heavy atom. The Morgan fingerprint density at radius 1 is 1.19 bits per heavy atom. The minimum Gasteiger partial charge on any atom is -0.382 e. The van der Waals surface area contributed by atoms with Crippen molar-refractivity contribution in [1.29, 1.82) is 0 Å². The van der Waals surface area contributed by atoms with Gasteiger partial charge < -0.3 is 14.8 Å². The van der Waals surface area contributed by atoms with E-state index >= 15 is 0 Å². The number of halogens is 1. The van der Waals surface area contributed by atoms with E-state index in [4.69, 9.17) is 9.47 Å². The fraction of sp³-hybridized carbons (Fsp3) is 0.312. The van der Waals surface area contributed by atoms with E-state index in [1.165, 1.54) is 0 Å². The molecule has 1 N–H and O–H groups in total. The highest BCUT2D eigenvalue weighted by Crippen LogP contribution is 2.20. The van der Waals surface area contributed by atoms with Crippen LogP contribution < -0.4 is 5.32 Å². The Hall–Kier alpha value is -1.43. The summed E-state index contributed by atoms with van der Waals surface area (Å²) in [6.07, 6.45) is -0.143. The third kappa shape index (κ3) is 4.27. The minimum absolute atomic E-state index is 0.113. The summed E-state index contributed by atoms with van der Waals surface area (Å²) in [5, 5.41) is 4.98. The Bertz CT molecular complexity index is 630. The molecule has 0 aromatic heterocycles. The number of ether oxygens (including phenoxy) is 2. The smallest absolute Gasteiger partial charge is 0.251 e. The highest BCUT2D eigenvalue weighted by Gasteiger charge is 2.11. The minimum atomic E-state index is -0.143. The Kier molecular flexibility index (Phi) is 5.73. The van der Waals surface area contributed by atoms with E-state index in [0.717, 1.165) is 15.2 Å². The zero-order valence-electron chi connectivity index (χ0n) is 12.1. The number of amides is 1. The summed E-state index contributed by atoms with van der Waals surface area (Å²) in [5.41, 5.74) is 0.636. The van der Waals surface area contributed by atoms with Crippen molar-refractivity contribution in [2.24, 2.45) is 0 Å². The average molecular weight is 352 g/mol. The summed E-state index contributed by atoms with van der Waals surface area (Å²) in [4.78, 5) is 12.2. The second-order valence-electron chi connectivity index (χ2n) is 4.73. The lowest BCUT2D eigenvalue weighted by Crippen LogP contribution is -2.35. The van der Waals surface area contributed by atoms with Gasteiger partial charge in [0.15, 0.2) is 0 Å². The van der Waals surface area contributed by atoms with E-state index in [1.54, 1.807) is 14.2 Å². The molecule has 0 aliphatic carbocycles. The maximum atomic E-state index is 12.2. The molecule has 1 atom stereocenters. The largest absolute Gasteiger partial charge is 0.382 e. The van der Waals surface area contributed by atoms with E-state index in [1.807, 2.05) is 36.4 Å². The van der Waals surface area contributed by atoms with Crippen molar-refractivity contribution < 1.29 is 14.3 Å². The quantitative estimate of drug-likeness (QED) is 0.870. The molecule has 1 unspecified atom stereocenters. The molecule has 0 bridgehead atoms. The van der Waals surface area contributed by atoms with Gasteiger partial charge in [0.25, 0.3) is 5.91 Å². The lowest BCUT2D eigenvalue weighted by Gasteiger charge is -2.15. The number of rotatable bonds is 6. The first-order chi connectivity index (χ1) is 10.1. The molecule has 2 aromatic carbocycles. The first-order valence-electron chi connectivity index (χ1n) is 6.63. The van der Waals surface area contributed by atoms with Crippen molar-refractivity contribution in [2.75, 3.05) is 27.4 Å². The summed E-state index contributed by atoms with van der Waals surface area (Å²) in [5.74, 6) is -0.113. The number of fused-ring (bicyclic) bond motifs is 1. The van der Waals surface area contributed by atoms with Crippen molar-refractivity contribution in [2.45, 2.75) is 6.10 Å². The molecule has 5 heteroatoms. The van der Waals surface area contributed by atoms with Crippen LogP contribution in [0.3, 0.4) is 0 Å². The molecular weight excluding hydrogens is 334 g/mol. The van der Waals surface area contributed by atoms with Gasteiger partial charge in [-0.3, -0.25) is 4.79 Å². The van der Waals surface area contributed by atoms with Gasteiger partial charge in [-0.2, -0.15) is 0 Å². The van der Waals surface area contributed by atoms with Crippen LogP contribution in [-0.4, -0.2) is 39.4 Å². The van der Waals surface area contributed by atoms with Gasteiger partial charge in [-0.05, 0) is 35.0 Å². The third-order valence-electron chi connectivity index (χ3n) is 3.24. The monoisotopic (exact) mass is 351 g/mol. The summed E-state index contributed by atoms with van der Waals surface area (Å²) in [6.45, 7) is 0.865. The van der Waals surface area contributed by atoms with E-state index in [9.17, 15) is 4.79 Å². The number of carbonyl (C=O) groups excluding carboxylic acids is 1. The van der Waals surface area contributed by atoms with Gasteiger partial charge in [0, 0.05) is 30.8 Å². The molecule has 0 saturated carbocycles. The van der Waals surface area contributed by atoms with Crippen LogP contribution in [0.1, 0.15) is 10.4 Å². The molecule has 2 rings (SSSR count). The van der Waals surface area contributed by atoms with Crippen molar-refractivity contribution in [3.63, 3.8) is 0 Å². The van der Waals surface area contributed by atoms with Crippen LogP contribution in [0.15, 0.2) is 40.9 Å². The van der Waals surface area contributed by atoms with Crippen molar-refractivity contribution >= 4 is 32.6 Å². The molecule has 0 aliphatic heterocycles. The van der Waals surface area contributed by atoms with Gasteiger partial charge in [-0.1, -0.05) is 28.1 Å². The molecule has 2 aromatic rings. The SMILES string of the molecule is COCC(CNC(=O)c1ccc2cc(Br)ccc2c1)OC. The van der Waals surface area contributed by atoms with Crippen LogP contribution in [0.5, 0.6) is 0 Å². The highest BCUT2D eigenvalue weighted by molar-refractivity contribution is 9.10. The topological polar surface area (TPSA) is 47.6 Å². The second-order valence-corrected chi connectivity index (χ2v) is 5.65. The Balaban J connectivity index is 2.07. The van der Waals surface area contributed by atoms with Crippen LogP contribution in [0.25, 0.3) is 10.8 Å². The van der Waals surface area contributed by atoms with Gasteiger partial charge in [-0.25, -0.2) is 0 Å². The van der Waals surface area contributed by atoms with E-state index in [2.05, 4.69) is 21.2 Å². The molecule has 1 amide bonds. The van der Waals surface area contributed by atoms with Gasteiger partial charge in [0.2, 0.25) is 0 Å². The molecule has 112 valence electrons. The highest BCUT2D eigenvalue weighted by atomic mass is 79.9. The molecule has 4 nitrogen and oxygen atoms in total. The number of benzene rings is 2. The summed E-state index contributed by atoms with van der Waals surface area (Å²) in [7, 11) is 3.21. The molecule has 21 heavy (non-hydrogen) atoms. The lowest BCUT2D eigenvalue weighted by atomic mass is 10.1. The Labute approximate surface area is 132 Å². The van der Waals surface area contributed by atoms with Gasteiger partial charge in [0.05, 0.1) is 12.7 Å². The fourth-order valence-electron chi connectivity index (χ4n) is 2.06. The second kappa shape index (κ2) is 7.54. The number of carbonyl (C=O) groups is 1. The van der Waals surface area contributed by atoms with Crippen LogP contribution in [0.4, 0.5) is 0 Å². The lowest BCUT2D eigenvalue weighted by molar-refractivity contribution is 0.0285. The summed E-state index contributed by atoms with van der Waals surface area (Å²) >= 11 is 3.44. The predicted molar refractivity (Wildman–Crippen MR) is 86.7 cm³/mol. The van der Waals surface area contributed by atoms with Crippen LogP contribution in [-0.2, 0) is 9.47 Å². The number of nitrogens with one attached hydrogen (secondary N) is 1. The maximum absolute atomic E-state index is 12.2. The van der Waals surface area contributed by atoms with E-state index in [0.29, 0.717) is 18.7 Å². The first-order valence-corrected chi connectivity index (χ1v) is 7.42. The van der Waals surface area contributed by atoms with E-state index in [-0.39, 0.29) is 12.0 Å². The van der Waals surface area contributed by atoms with Crippen molar-refractivity contribution in [3.8, 4) is 0 Å². The molecule has 0 radical (unpaired) electrons. The molecule has 0 spiro atoms. The average Bonchev–Trinajstić information content (AvgIpc) is 2.50. The summed E-state index contributed by atoms with van der Waals surface area (Å²) in [6, 6.07) is 11.6. The third-order valence-corrected chi connectivity index (χ3v) is 3.73. The normalized spacial score (nSPS) is 12.3. The number of hydrogen-bond donors (Lipinski definition) is 1. The van der Waals surface area contributed by atoms with E-state index < -0.39 is 0 Å². The standard InChI is InChI=1S/C16H18BrNO3/c1-20-10-15(21-2)9-18-16(19)13-4-3-12-8-14(17)6-5-11(12)7-13/h3-8,15H,9-10H2,1-2H3,(H,18,19). The first kappa shape index (κ1) is 15.9. The van der Waals surface area contributed by atoms with Crippen LogP contribution >= 0.6 is 15.9 Å². The van der Waals surface area contributed by atoms with Gasteiger partial charge in [-0.15, -0.1) is 0 Å². The molecule has 0 aliphatic rings. The molecule has 0 fully saturated rings. The van der Waals surface area contributed by atoms with Crippen molar-refractivity contribution in [3.05, 3.63) is 46.4 Å². The zero-order valence-corrected chi connectivity index (χ0v) is 13.6. The number of methoxy groups -OCH3 is 2. The van der Waals surface area contributed by atoms with Crippen LogP contribution in [0.2, 0.25) is 0 Å². The summed E-state index contributed by atoms with van der Waals surface area (Å²) < 4.78 is 11.3. The van der Waals surface area contributed by atoms with Crippen LogP contribution in [0, 0.1) is 0 Å². The molecular formula is C16H18BrNO3. The van der Waals surface area contributed by atoms with Crippen molar-refractivity contribution in [1.82, 2.24) is 5.32 Å². The predicted octanol–water partition coefficient (Wildman–Crippen LogP) is 2.99. The molecule has 0 saturated heterocycles. The Morgan fingerprint density at radius 2 is 1.90 bits per heavy atom. The van der Waals surface area contributed by atoms with Gasteiger partial charge >= 0.3 is 0 Å². The zero-order chi connectivity index (χ0) is 15.2. The fourth-order valence-corrected chi connectivity index (χ4v) is 2.44. The van der Waals surface area contributed by atoms with Gasteiger partial charge in [0.1, 0.15) is 0 Å². The molecule has 0 heterocycles. The number of hydrogen-bond acceptors (Lipinski definition) is 3. The maximum Gasteiger partial charge on any atom is 0.251 e.